The molecule has 9 heteroatoms. The molecule has 0 unspecified atom stereocenters. The quantitative estimate of drug-likeness (QED) is 0.492. The van der Waals surface area contributed by atoms with Crippen molar-refractivity contribution in [3.05, 3.63) is 27.3 Å². The van der Waals surface area contributed by atoms with E-state index in [-0.39, 0.29) is 11.8 Å². The van der Waals surface area contributed by atoms with Crippen LogP contribution in [0, 0.1) is 0 Å². The van der Waals surface area contributed by atoms with Crippen LogP contribution < -0.4 is 5.32 Å². The molecule has 2 aliphatic heterocycles. The van der Waals surface area contributed by atoms with Crippen molar-refractivity contribution in [2.45, 2.75) is 45.4 Å². The minimum Gasteiger partial charge on any atom is -0.312 e. The highest BCUT2D eigenvalue weighted by Crippen LogP contribution is 2.33. The summed E-state index contributed by atoms with van der Waals surface area (Å²) in [5.74, 6) is 0.420. The van der Waals surface area contributed by atoms with Crippen LogP contribution in [0.5, 0.6) is 0 Å². The molecule has 1 N–H and O–H groups in total. The lowest BCUT2D eigenvalue weighted by Gasteiger charge is -2.14. The first-order valence-corrected chi connectivity index (χ1v) is 11.4. The topological polar surface area (TPSA) is 74.1 Å². The third-order valence-electron chi connectivity index (χ3n) is 4.26. The molecule has 0 radical (unpaired) electrons. The summed E-state index contributed by atoms with van der Waals surface area (Å²) in [6.45, 7) is 2.57. The number of hydrogen-bond acceptors (Lipinski definition) is 7. The van der Waals surface area contributed by atoms with Crippen molar-refractivity contribution in [1.29, 1.82) is 0 Å². The lowest BCUT2D eigenvalue weighted by molar-refractivity contribution is -0.123. The van der Waals surface area contributed by atoms with Crippen LogP contribution in [0.2, 0.25) is 0 Å². The molecule has 148 valence electrons. The minimum atomic E-state index is -0.106. The molecule has 0 saturated carbocycles. The average molecular weight is 435 g/mol. The van der Waals surface area contributed by atoms with Crippen molar-refractivity contribution < 1.29 is 9.59 Å². The number of thioether (sulfide) groups is 1. The summed E-state index contributed by atoms with van der Waals surface area (Å²) in [7, 11) is 0. The summed E-state index contributed by atoms with van der Waals surface area (Å²) in [5.41, 5.74) is 1.02. The molecule has 1 fully saturated rings. The highest BCUT2D eigenvalue weighted by Gasteiger charge is 2.31. The van der Waals surface area contributed by atoms with E-state index >= 15 is 0 Å². The molecule has 1 saturated heterocycles. The van der Waals surface area contributed by atoms with Gasteiger partial charge in [-0.15, -0.1) is 16.4 Å². The van der Waals surface area contributed by atoms with Gasteiger partial charge in [0, 0.05) is 30.0 Å². The van der Waals surface area contributed by atoms with Crippen LogP contribution in [-0.4, -0.2) is 39.1 Å². The highest BCUT2D eigenvalue weighted by atomic mass is 32.2. The van der Waals surface area contributed by atoms with Crippen molar-refractivity contribution >= 4 is 69.1 Å². The molecule has 0 bridgehead atoms. The molecule has 2 amide bonds. The number of nitrogens with zero attached hydrogens (tertiary/aromatic N) is 3. The summed E-state index contributed by atoms with van der Waals surface area (Å²) in [4.78, 5) is 27.9. The van der Waals surface area contributed by atoms with Gasteiger partial charge in [0.2, 0.25) is 5.91 Å². The highest BCUT2D eigenvalue weighted by molar-refractivity contribution is 8.26. The van der Waals surface area contributed by atoms with Crippen molar-refractivity contribution in [3.63, 3.8) is 0 Å². The second kappa shape index (κ2) is 10.1. The first-order valence-electron chi connectivity index (χ1n) is 9.28. The zero-order chi connectivity index (χ0) is 19.9. The fraction of sp³-hybridized carbons (Fsp3) is 0.421. The van der Waals surface area contributed by atoms with E-state index < -0.39 is 0 Å². The van der Waals surface area contributed by atoms with E-state index in [1.165, 1.54) is 11.8 Å². The Hall–Kier alpha value is -1.84. The molecule has 3 rings (SSSR count). The molecule has 1 aromatic heterocycles. The maximum Gasteiger partial charge on any atom is 0.266 e. The van der Waals surface area contributed by atoms with Gasteiger partial charge >= 0.3 is 0 Å². The van der Waals surface area contributed by atoms with Crippen molar-refractivity contribution in [2.24, 2.45) is 10.2 Å². The fourth-order valence-electron chi connectivity index (χ4n) is 2.80. The van der Waals surface area contributed by atoms with Gasteiger partial charge in [-0.1, -0.05) is 43.4 Å². The molecular formula is C19H22N4O2S3. The molecule has 0 atom stereocenters. The molecule has 28 heavy (non-hydrogen) atoms. The number of thiocarbonyl (C=S) groups is 1. The summed E-state index contributed by atoms with van der Waals surface area (Å²) in [6, 6.07) is 3.91. The number of amides is 2. The number of hydrogen-bond donors (Lipinski definition) is 1. The summed E-state index contributed by atoms with van der Waals surface area (Å²) in [6.07, 6.45) is 6.46. The normalized spacial score (nSPS) is 18.0. The Morgan fingerprint density at radius 3 is 3.00 bits per heavy atom. The third kappa shape index (κ3) is 5.59. The smallest absolute Gasteiger partial charge is 0.266 e. The molecule has 0 aromatic carbocycles. The maximum atomic E-state index is 12.5. The van der Waals surface area contributed by atoms with Gasteiger partial charge in [-0.2, -0.15) is 5.10 Å². The van der Waals surface area contributed by atoms with E-state index in [9.17, 15) is 9.59 Å². The monoisotopic (exact) mass is 434 g/mol. The number of carbonyl (C=O) groups is 2. The van der Waals surface area contributed by atoms with E-state index in [1.807, 2.05) is 23.6 Å². The van der Waals surface area contributed by atoms with Crippen LogP contribution in [0.3, 0.4) is 0 Å². The summed E-state index contributed by atoms with van der Waals surface area (Å²) in [5, 5.41) is 13.0. The van der Waals surface area contributed by atoms with Gasteiger partial charge in [0.25, 0.3) is 5.91 Å². The van der Waals surface area contributed by atoms with Gasteiger partial charge < -0.3 is 5.32 Å². The van der Waals surface area contributed by atoms with Crippen LogP contribution in [0.4, 0.5) is 0 Å². The Bertz CT molecular complexity index is 843. The molecule has 3 heterocycles. The molecule has 1 aromatic rings. The zero-order valence-corrected chi connectivity index (χ0v) is 18.1. The van der Waals surface area contributed by atoms with Crippen molar-refractivity contribution in [1.82, 2.24) is 10.2 Å². The molecule has 6 nitrogen and oxygen atoms in total. The predicted octanol–water partition coefficient (Wildman–Crippen LogP) is 4.19. The summed E-state index contributed by atoms with van der Waals surface area (Å²) >= 11 is 8.22. The number of thiophene rings is 1. The maximum absolute atomic E-state index is 12.5. The van der Waals surface area contributed by atoms with Crippen LogP contribution in [-0.2, 0) is 9.59 Å². The van der Waals surface area contributed by atoms with Gasteiger partial charge in [0.05, 0.1) is 4.91 Å². The summed E-state index contributed by atoms with van der Waals surface area (Å²) < 4.78 is 0.544. The molecule has 0 aliphatic carbocycles. The Morgan fingerprint density at radius 2 is 2.25 bits per heavy atom. The Kier molecular flexibility index (Phi) is 7.52. The van der Waals surface area contributed by atoms with E-state index in [2.05, 4.69) is 22.4 Å². The predicted molar refractivity (Wildman–Crippen MR) is 121 cm³/mol. The van der Waals surface area contributed by atoms with Gasteiger partial charge in [0.15, 0.2) is 0 Å². The van der Waals surface area contributed by atoms with E-state index in [0.29, 0.717) is 40.9 Å². The Morgan fingerprint density at radius 1 is 1.39 bits per heavy atom. The van der Waals surface area contributed by atoms with Crippen LogP contribution in [0.1, 0.15) is 50.3 Å². The van der Waals surface area contributed by atoms with Gasteiger partial charge in [-0.3, -0.25) is 14.5 Å². The number of rotatable bonds is 8. The Balaban J connectivity index is 1.41. The second-order valence-corrected chi connectivity index (χ2v) is 9.15. The SMILES string of the molecule is CCCCC1=NN=C(NC(=O)CCCN2C(=O)/C(=C/c3cccs3)SC2=S)C1. The zero-order valence-electron chi connectivity index (χ0n) is 15.6. The first-order chi connectivity index (χ1) is 13.6. The molecule has 2 aliphatic rings. The van der Waals surface area contributed by atoms with Crippen LogP contribution in [0.15, 0.2) is 32.6 Å². The lowest BCUT2D eigenvalue weighted by Crippen LogP contribution is -2.32. The van der Waals surface area contributed by atoms with Crippen LogP contribution in [0.25, 0.3) is 6.08 Å². The van der Waals surface area contributed by atoms with Crippen molar-refractivity contribution in [2.75, 3.05) is 6.54 Å². The number of nitrogens with one attached hydrogen (secondary N) is 1. The largest absolute Gasteiger partial charge is 0.312 e. The number of amidine groups is 1. The van der Waals surface area contributed by atoms with Gasteiger partial charge in [-0.25, -0.2) is 0 Å². The van der Waals surface area contributed by atoms with E-state index in [4.69, 9.17) is 12.2 Å². The number of unbranched alkanes of at least 4 members (excludes halogenated alkanes) is 1. The average Bonchev–Trinajstić information content (AvgIpc) is 3.39. The lowest BCUT2D eigenvalue weighted by atomic mass is 10.1. The first kappa shape index (κ1) is 20.9. The Labute approximate surface area is 178 Å². The number of carbonyl (C=O) groups excluding carboxylic acids is 2. The van der Waals surface area contributed by atoms with E-state index in [0.717, 1.165) is 29.9 Å². The standard InChI is InChI=1S/C19H22N4O2S3/c1-2-3-6-13-11-16(22-21-13)20-17(24)8-4-9-23-18(25)15(28-19(23)26)12-14-7-5-10-27-14/h5,7,10,12H,2-4,6,8-9,11H2,1H3,(H,20,22,24)/b15-12-. The third-order valence-corrected chi connectivity index (χ3v) is 6.46. The fourth-order valence-corrected chi connectivity index (χ4v) is 4.83. The van der Waals surface area contributed by atoms with Crippen LogP contribution >= 0.6 is 35.3 Å². The minimum absolute atomic E-state index is 0.0852. The van der Waals surface area contributed by atoms with Crippen molar-refractivity contribution in [3.8, 4) is 0 Å². The van der Waals surface area contributed by atoms with Gasteiger partial charge in [-0.05, 0) is 36.8 Å². The molecular weight excluding hydrogens is 412 g/mol. The second-order valence-electron chi connectivity index (χ2n) is 6.49. The van der Waals surface area contributed by atoms with E-state index in [1.54, 1.807) is 16.2 Å². The molecule has 0 spiro atoms. The van der Waals surface area contributed by atoms with Gasteiger partial charge in [0.1, 0.15) is 10.2 Å².